The number of benzene rings is 2. The highest BCUT2D eigenvalue weighted by molar-refractivity contribution is 5.78. The summed E-state index contributed by atoms with van der Waals surface area (Å²) in [5.74, 6) is 1.88. The predicted octanol–water partition coefficient (Wildman–Crippen LogP) is 8.31. The van der Waals surface area contributed by atoms with E-state index in [2.05, 4.69) is 43.4 Å². The fraction of sp³-hybridized carbons (Fsp3) is 0.520. The Kier molecular flexibility index (Phi) is 7.62. The molecule has 0 aromatic heterocycles. The van der Waals surface area contributed by atoms with Crippen LogP contribution in [0.15, 0.2) is 36.4 Å². The van der Waals surface area contributed by atoms with Crippen molar-refractivity contribution in [1.29, 1.82) is 0 Å². The van der Waals surface area contributed by atoms with E-state index in [9.17, 15) is 0 Å². The predicted molar refractivity (Wildman–Crippen MR) is 117 cm³/mol. The Hall–Kier alpha value is -1.96. The molecule has 0 bridgehead atoms. The summed E-state index contributed by atoms with van der Waals surface area (Å²) in [6, 6.07) is 12.5. The molecule has 1 heterocycles. The third kappa shape index (κ3) is 5.51. The van der Waals surface area contributed by atoms with Crippen LogP contribution in [0.5, 0.6) is 11.5 Å². The highest BCUT2D eigenvalue weighted by atomic mass is 16.5. The van der Waals surface area contributed by atoms with E-state index in [-0.39, 0.29) is 0 Å². The summed E-state index contributed by atoms with van der Waals surface area (Å²) in [7, 11) is 0. The van der Waals surface area contributed by atoms with Gasteiger partial charge in [-0.15, -0.1) is 0 Å². The molecule has 27 heavy (non-hydrogen) atoms. The molecule has 0 fully saturated rings. The van der Waals surface area contributed by atoms with Crippen molar-refractivity contribution in [3.63, 3.8) is 0 Å². The summed E-state index contributed by atoms with van der Waals surface area (Å²) in [5.41, 5.74) is 5.02. The van der Waals surface area contributed by atoms with Crippen LogP contribution in [0, 0.1) is 6.92 Å². The van der Waals surface area contributed by atoms with Gasteiger partial charge >= 0.3 is 0 Å². The first-order valence-electron chi connectivity index (χ1n) is 11.0. The van der Waals surface area contributed by atoms with Gasteiger partial charge in [0.05, 0.1) is 11.4 Å². The van der Waals surface area contributed by atoms with Gasteiger partial charge in [-0.25, -0.2) is 0 Å². The van der Waals surface area contributed by atoms with Gasteiger partial charge in [-0.1, -0.05) is 82.9 Å². The maximum absolute atomic E-state index is 6.11. The molecule has 1 aliphatic heterocycles. The van der Waals surface area contributed by atoms with E-state index in [0.717, 1.165) is 23.6 Å². The largest absolute Gasteiger partial charge is 0.453 e. The monoisotopic (exact) mass is 365 g/mol. The van der Waals surface area contributed by atoms with Gasteiger partial charge < -0.3 is 10.1 Å². The molecule has 2 heteroatoms. The number of nitrogens with one attached hydrogen (secondary N) is 1. The molecule has 0 saturated heterocycles. The van der Waals surface area contributed by atoms with E-state index >= 15 is 0 Å². The molecule has 146 valence electrons. The Morgan fingerprint density at radius 1 is 0.741 bits per heavy atom. The van der Waals surface area contributed by atoms with Gasteiger partial charge in [0.1, 0.15) is 0 Å². The lowest BCUT2D eigenvalue weighted by Gasteiger charge is -2.25. The molecule has 0 atom stereocenters. The van der Waals surface area contributed by atoms with E-state index in [1.807, 2.05) is 12.1 Å². The molecule has 0 amide bonds. The van der Waals surface area contributed by atoms with Gasteiger partial charge in [-0.3, -0.25) is 0 Å². The summed E-state index contributed by atoms with van der Waals surface area (Å²) < 4.78 is 6.11. The molecule has 0 saturated carbocycles. The lowest BCUT2D eigenvalue weighted by Crippen LogP contribution is -2.07. The molecule has 2 nitrogen and oxygen atoms in total. The SMILES string of the molecule is CCCCCCCCCCCCc1c(C)ccc2c1Nc1ccccc1O2. The number of aryl methyl sites for hydroxylation is 1. The first-order valence-corrected chi connectivity index (χ1v) is 11.0. The smallest absolute Gasteiger partial charge is 0.151 e. The standard InChI is InChI=1S/C25H35NO/c1-3-4-5-6-7-8-9-10-11-12-15-21-20(2)18-19-24-25(21)26-22-16-13-14-17-23(22)27-24/h13-14,16-19,26H,3-12,15H2,1-2H3. The number of para-hydroxylation sites is 2. The number of anilines is 2. The van der Waals surface area contributed by atoms with Gasteiger partial charge in [0.25, 0.3) is 0 Å². The van der Waals surface area contributed by atoms with Gasteiger partial charge in [0.15, 0.2) is 11.5 Å². The van der Waals surface area contributed by atoms with Crippen LogP contribution in [0.3, 0.4) is 0 Å². The van der Waals surface area contributed by atoms with Crippen molar-refractivity contribution in [2.75, 3.05) is 5.32 Å². The third-order valence-electron chi connectivity index (χ3n) is 5.66. The van der Waals surface area contributed by atoms with Crippen molar-refractivity contribution in [2.45, 2.75) is 84.5 Å². The van der Waals surface area contributed by atoms with E-state index in [1.54, 1.807) is 0 Å². The summed E-state index contributed by atoms with van der Waals surface area (Å²) in [4.78, 5) is 0. The van der Waals surface area contributed by atoms with Gasteiger partial charge in [-0.05, 0) is 49.1 Å². The molecule has 0 aliphatic carbocycles. The second-order valence-electron chi connectivity index (χ2n) is 7.89. The van der Waals surface area contributed by atoms with Crippen LogP contribution >= 0.6 is 0 Å². The molecule has 3 rings (SSSR count). The van der Waals surface area contributed by atoms with Crippen molar-refractivity contribution in [3.8, 4) is 11.5 Å². The molecule has 0 unspecified atom stereocenters. The Bertz CT molecular complexity index is 722. The van der Waals surface area contributed by atoms with E-state index < -0.39 is 0 Å². The minimum absolute atomic E-state index is 0.915. The van der Waals surface area contributed by atoms with E-state index in [0.29, 0.717) is 0 Å². The molecular formula is C25H35NO. The fourth-order valence-electron chi connectivity index (χ4n) is 3.98. The molecule has 2 aromatic carbocycles. The zero-order valence-corrected chi connectivity index (χ0v) is 17.2. The number of hydrogen-bond donors (Lipinski definition) is 1. The average molecular weight is 366 g/mol. The maximum Gasteiger partial charge on any atom is 0.151 e. The molecule has 1 aliphatic rings. The van der Waals surface area contributed by atoms with Gasteiger partial charge in [0, 0.05) is 0 Å². The van der Waals surface area contributed by atoms with Crippen molar-refractivity contribution >= 4 is 11.4 Å². The Morgan fingerprint density at radius 3 is 2.15 bits per heavy atom. The molecule has 0 radical (unpaired) electrons. The highest BCUT2D eigenvalue weighted by Gasteiger charge is 2.19. The quantitative estimate of drug-likeness (QED) is 0.345. The number of rotatable bonds is 11. The maximum atomic E-state index is 6.11. The Labute approximate surface area is 165 Å². The van der Waals surface area contributed by atoms with Crippen LogP contribution in [0.2, 0.25) is 0 Å². The lowest BCUT2D eigenvalue weighted by molar-refractivity contribution is 0.480. The van der Waals surface area contributed by atoms with Crippen molar-refractivity contribution in [1.82, 2.24) is 0 Å². The topological polar surface area (TPSA) is 21.3 Å². The molecule has 1 N–H and O–H groups in total. The van der Waals surface area contributed by atoms with Crippen LogP contribution in [0.1, 0.15) is 82.3 Å². The van der Waals surface area contributed by atoms with Crippen LogP contribution in [-0.4, -0.2) is 0 Å². The van der Waals surface area contributed by atoms with Crippen LogP contribution in [0.25, 0.3) is 0 Å². The first-order chi connectivity index (χ1) is 13.3. The Morgan fingerprint density at radius 2 is 1.41 bits per heavy atom. The number of unbranched alkanes of at least 4 members (excludes halogenated alkanes) is 9. The second kappa shape index (κ2) is 10.4. The van der Waals surface area contributed by atoms with Gasteiger partial charge in [0.2, 0.25) is 0 Å². The molecule has 0 spiro atoms. The lowest BCUT2D eigenvalue weighted by atomic mass is 9.97. The zero-order valence-electron chi connectivity index (χ0n) is 17.2. The minimum Gasteiger partial charge on any atom is -0.453 e. The summed E-state index contributed by atoms with van der Waals surface area (Å²) >= 11 is 0. The Balaban J connectivity index is 1.45. The third-order valence-corrected chi connectivity index (χ3v) is 5.66. The van der Waals surface area contributed by atoms with Crippen molar-refractivity contribution in [3.05, 3.63) is 47.5 Å². The van der Waals surface area contributed by atoms with E-state index in [1.165, 1.54) is 81.0 Å². The van der Waals surface area contributed by atoms with Crippen LogP contribution in [-0.2, 0) is 6.42 Å². The highest BCUT2D eigenvalue weighted by Crippen LogP contribution is 2.44. The van der Waals surface area contributed by atoms with Gasteiger partial charge in [-0.2, -0.15) is 0 Å². The average Bonchev–Trinajstić information content (AvgIpc) is 2.69. The minimum atomic E-state index is 0.915. The normalized spacial score (nSPS) is 12.1. The van der Waals surface area contributed by atoms with Crippen molar-refractivity contribution in [2.24, 2.45) is 0 Å². The summed E-state index contributed by atoms with van der Waals surface area (Å²) in [6.45, 7) is 4.50. The van der Waals surface area contributed by atoms with Crippen molar-refractivity contribution < 1.29 is 4.74 Å². The number of hydrogen-bond acceptors (Lipinski definition) is 2. The summed E-state index contributed by atoms with van der Waals surface area (Å²) in [6.07, 6.45) is 14.9. The summed E-state index contributed by atoms with van der Waals surface area (Å²) in [5, 5.41) is 3.61. The van der Waals surface area contributed by atoms with E-state index in [4.69, 9.17) is 4.74 Å². The zero-order chi connectivity index (χ0) is 18.9. The number of fused-ring (bicyclic) bond motifs is 2. The number of ether oxygens (including phenoxy) is 1. The van der Waals surface area contributed by atoms with Crippen LogP contribution in [0.4, 0.5) is 11.4 Å². The van der Waals surface area contributed by atoms with Crippen LogP contribution < -0.4 is 10.1 Å². The molecular weight excluding hydrogens is 330 g/mol. The fourth-order valence-corrected chi connectivity index (χ4v) is 3.98. The second-order valence-corrected chi connectivity index (χ2v) is 7.89. The first kappa shape index (κ1) is 19.8. The molecule has 2 aromatic rings.